The van der Waals surface area contributed by atoms with Gasteiger partial charge in [0.2, 0.25) is 5.91 Å². The number of amides is 1. The number of esters is 1. The van der Waals surface area contributed by atoms with Crippen molar-refractivity contribution in [2.45, 2.75) is 18.6 Å². The molecule has 0 aliphatic heterocycles. The number of benzene rings is 3. The van der Waals surface area contributed by atoms with E-state index < -0.39 is 23.9 Å². The van der Waals surface area contributed by atoms with Crippen molar-refractivity contribution >= 4 is 11.9 Å². The minimum Gasteiger partial charge on any atom is -0.459 e. The molecule has 148 valence electrons. The predicted octanol–water partition coefficient (Wildman–Crippen LogP) is 3.43. The van der Waals surface area contributed by atoms with Crippen LogP contribution in [0, 0.1) is 0 Å². The molecular formula is C24H23NO4. The standard InChI is InChI=1S/C24H23NO4/c25-21(26)17-28-23(24(27)29-16-18-10-4-1-5-11-18)22(19-12-6-2-7-13-19)20-14-8-3-9-15-20/h1-15,22-23H,16-17H2,(H2,25,26). The molecule has 0 bridgehead atoms. The van der Waals surface area contributed by atoms with Gasteiger partial charge in [0, 0.05) is 5.92 Å². The van der Waals surface area contributed by atoms with Crippen molar-refractivity contribution in [3.8, 4) is 0 Å². The molecule has 3 aromatic rings. The SMILES string of the molecule is NC(=O)COC(C(=O)OCc1ccccc1)C(c1ccccc1)c1ccccc1. The van der Waals surface area contributed by atoms with Crippen molar-refractivity contribution in [2.24, 2.45) is 5.73 Å². The molecule has 3 aromatic carbocycles. The Labute approximate surface area is 170 Å². The Kier molecular flexibility index (Phi) is 7.14. The summed E-state index contributed by atoms with van der Waals surface area (Å²) in [6.07, 6.45) is -1.02. The quantitative estimate of drug-likeness (QED) is 0.569. The average Bonchev–Trinajstić information content (AvgIpc) is 2.76. The van der Waals surface area contributed by atoms with Crippen LogP contribution in [-0.2, 0) is 25.7 Å². The minimum absolute atomic E-state index is 0.117. The van der Waals surface area contributed by atoms with E-state index in [9.17, 15) is 9.59 Å². The van der Waals surface area contributed by atoms with Gasteiger partial charge in [-0.05, 0) is 16.7 Å². The molecule has 0 radical (unpaired) electrons. The predicted molar refractivity (Wildman–Crippen MR) is 110 cm³/mol. The molecule has 3 rings (SSSR count). The van der Waals surface area contributed by atoms with Crippen molar-refractivity contribution in [2.75, 3.05) is 6.61 Å². The number of ether oxygens (including phenoxy) is 2. The van der Waals surface area contributed by atoms with Crippen LogP contribution in [0.2, 0.25) is 0 Å². The van der Waals surface area contributed by atoms with Crippen LogP contribution in [0.1, 0.15) is 22.6 Å². The van der Waals surface area contributed by atoms with Gasteiger partial charge in [-0.2, -0.15) is 0 Å². The van der Waals surface area contributed by atoms with Crippen LogP contribution < -0.4 is 5.73 Å². The molecule has 1 unspecified atom stereocenters. The molecule has 0 saturated heterocycles. The van der Waals surface area contributed by atoms with Crippen molar-refractivity contribution < 1.29 is 19.1 Å². The van der Waals surface area contributed by atoms with Crippen LogP contribution in [0.25, 0.3) is 0 Å². The summed E-state index contributed by atoms with van der Waals surface area (Å²) in [6, 6.07) is 28.5. The van der Waals surface area contributed by atoms with E-state index in [2.05, 4.69) is 0 Å². The summed E-state index contributed by atoms with van der Waals surface area (Å²) in [6.45, 7) is -0.256. The van der Waals surface area contributed by atoms with Gasteiger partial charge in [-0.15, -0.1) is 0 Å². The summed E-state index contributed by atoms with van der Waals surface area (Å²) in [5, 5.41) is 0. The lowest BCUT2D eigenvalue weighted by molar-refractivity contribution is -0.160. The average molecular weight is 389 g/mol. The molecule has 0 aromatic heterocycles. The third-order valence-electron chi connectivity index (χ3n) is 4.48. The molecule has 0 fully saturated rings. The first-order valence-electron chi connectivity index (χ1n) is 9.35. The first kappa shape index (κ1) is 20.3. The Morgan fingerprint density at radius 2 is 1.24 bits per heavy atom. The number of hydrogen-bond donors (Lipinski definition) is 1. The summed E-state index contributed by atoms with van der Waals surface area (Å²) in [5.41, 5.74) is 7.89. The Hall–Kier alpha value is -3.44. The Balaban J connectivity index is 1.90. The fraction of sp³-hybridized carbons (Fsp3) is 0.167. The lowest BCUT2D eigenvalue weighted by Gasteiger charge is -2.26. The van der Waals surface area contributed by atoms with Crippen LogP contribution in [0.5, 0.6) is 0 Å². The highest BCUT2D eigenvalue weighted by atomic mass is 16.6. The van der Waals surface area contributed by atoms with Gasteiger partial charge in [0.15, 0.2) is 6.10 Å². The third-order valence-corrected chi connectivity index (χ3v) is 4.48. The molecule has 0 saturated carbocycles. The van der Waals surface area contributed by atoms with Gasteiger partial charge >= 0.3 is 5.97 Å². The number of nitrogens with two attached hydrogens (primary N) is 1. The zero-order chi connectivity index (χ0) is 20.5. The first-order valence-corrected chi connectivity index (χ1v) is 9.35. The van der Waals surface area contributed by atoms with Crippen molar-refractivity contribution in [3.05, 3.63) is 108 Å². The van der Waals surface area contributed by atoms with Gasteiger partial charge in [-0.1, -0.05) is 91.0 Å². The second-order valence-corrected chi connectivity index (χ2v) is 6.59. The molecule has 0 aliphatic carbocycles. The number of carbonyl (C=O) groups excluding carboxylic acids is 2. The van der Waals surface area contributed by atoms with E-state index >= 15 is 0 Å². The normalized spacial score (nSPS) is 11.8. The number of primary amides is 1. The Morgan fingerprint density at radius 3 is 1.72 bits per heavy atom. The lowest BCUT2D eigenvalue weighted by Crippen LogP contribution is -2.36. The van der Waals surface area contributed by atoms with Gasteiger partial charge in [-0.25, -0.2) is 4.79 Å². The molecule has 0 aliphatic rings. The monoisotopic (exact) mass is 389 g/mol. The summed E-state index contributed by atoms with van der Waals surface area (Å²) in [4.78, 5) is 24.4. The van der Waals surface area contributed by atoms with E-state index in [-0.39, 0.29) is 13.2 Å². The van der Waals surface area contributed by atoms with Crippen LogP contribution in [-0.4, -0.2) is 24.6 Å². The molecule has 0 heterocycles. The van der Waals surface area contributed by atoms with Crippen molar-refractivity contribution in [1.29, 1.82) is 0 Å². The summed E-state index contributed by atoms with van der Waals surface area (Å²) < 4.78 is 11.2. The topological polar surface area (TPSA) is 78.6 Å². The number of hydrogen-bond acceptors (Lipinski definition) is 4. The van der Waals surface area contributed by atoms with Crippen LogP contribution in [0.15, 0.2) is 91.0 Å². The van der Waals surface area contributed by atoms with E-state index in [0.29, 0.717) is 0 Å². The van der Waals surface area contributed by atoms with E-state index in [1.165, 1.54) is 0 Å². The van der Waals surface area contributed by atoms with Crippen LogP contribution in [0.3, 0.4) is 0 Å². The van der Waals surface area contributed by atoms with Gasteiger partial charge in [0.25, 0.3) is 0 Å². The molecule has 0 spiro atoms. The zero-order valence-electron chi connectivity index (χ0n) is 15.9. The molecule has 5 heteroatoms. The molecule has 1 atom stereocenters. The second kappa shape index (κ2) is 10.2. The fourth-order valence-corrected chi connectivity index (χ4v) is 3.15. The maximum Gasteiger partial charge on any atom is 0.336 e. The van der Waals surface area contributed by atoms with Crippen molar-refractivity contribution in [1.82, 2.24) is 0 Å². The minimum atomic E-state index is -1.02. The van der Waals surface area contributed by atoms with E-state index in [0.717, 1.165) is 16.7 Å². The van der Waals surface area contributed by atoms with Crippen molar-refractivity contribution in [3.63, 3.8) is 0 Å². The van der Waals surface area contributed by atoms with E-state index in [1.807, 2.05) is 91.0 Å². The summed E-state index contributed by atoms with van der Waals surface area (Å²) in [7, 11) is 0. The number of carbonyl (C=O) groups is 2. The Bertz CT molecular complexity index is 874. The second-order valence-electron chi connectivity index (χ2n) is 6.59. The molecular weight excluding hydrogens is 366 g/mol. The number of rotatable bonds is 9. The summed E-state index contributed by atoms with van der Waals surface area (Å²) >= 11 is 0. The highest BCUT2D eigenvalue weighted by Crippen LogP contribution is 2.30. The van der Waals surface area contributed by atoms with E-state index in [4.69, 9.17) is 15.2 Å². The maximum absolute atomic E-state index is 13.0. The van der Waals surface area contributed by atoms with Gasteiger partial charge < -0.3 is 15.2 Å². The molecule has 2 N–H and O–H groups in total. The van der Waals surface area contributed by atoms with Gasteiger partial charge in [0.05, 0.1) is 0 Å². The molecule has 5 nitrogen and oxygen atoms in total. The zero-order valence-corrected chi connectivity index (χ0v) is 15.9. The van der Waals surface area contributed by atoms with E-state index in [1.54, 1.807) is 0 Å². The van der Waals surface area contributed by atoms with Crippen LogP contribution in [0.4, 0.5) is 0 Å². The highest BCUT2D eigenvalue weighted by Gasteiger charge is 2.33. The molecule has 1 amide bonds. The van der Waals surface area contributed by atoms with Crippen LogP contribution >= 0.6 is 0 Å². The molecule has 29 heavy (non-hydrogen) atoms. The summed E-state index contributed by atoms with van der Waals surface area (Å²) in [5.74, 6) is -1.64. The van der Waals surface area contributed by atoms with Gasteiger partial charge in [0.1, 0.15) is 13.2 Å². The lowest BCUT2D eigenvalue weighted by atomic mass is 9.86. The third kappa shape index (κ3) is 5.77. The van der Waals surface area contributed by atoms with Gasteiger partial charge in [-0.3, -0.25) is 4.79 Å². The largest absolute Gasteiger partial charge is 0.459 e. The first-order chi connectivity index (χ1) is 14.1. The Morgan fingerprint density at radius 1 is 0.759 bits per heavy atom. The highest BCUT2D eigenvalue weighted by molar-refractivity contribution is 5.79. The fourth-order valence-electron chi connectivity index (χ4n) is 3.15. The maximum atomic E-state index is 13.0. The smallest absolute Gasteiger partial charge is 0.336 e.